The smallest absolute Gasteiger partial charge is 0.332 e. The lowest BCUT2D eigenvalue weighted by Gasteiger charge is -2.12. The van der Waals surface area contributed by atoms with Gasteiger partial charge >= 0.3 is 5.69 Å². The van der Waals surface area contributed by atoms with Crippen LogP contribution in [0.4, 0.5) is 0 Å². The van der Waals surface area contributed by atoms with Crippen LogP contribution >= 0.6 is 0 Å². The molecular weight excluding hydrogens is 326 g/mol. The number of aliphatic hydroxyl groups excluding tert-OH is 2. The first-order valence-corrected chi connectivity index (χ1v) is 7.77. The van der Waals surface area contributed by atoms with Gasteiger partial charge in [-0.15, -0.1) is 0 Å². The van der Waals surface area contributed by atoms with Gasteiger partial charge in [0.2, 0.25) is 0 Å². The molecule has 0 bridgehead atoms. The number of hydrogen-bond donors (Lipinski definition) is 2. The van der Waals surface area contributed by atoms with E-state index < -0.39 is 24.0 Å². The molecule has 9 nitrogen and oxygen atoms in total. The maximum atomic E-state index is 12.6. The summed E-state index contributed by atoms with van der Waals surface area (Å²) < 4.78 is 3.86. The van der Waals surface area contributed by atoms with Crippen LogP contribution in [0.2, 0.25) is 0 Å². The summed E-state index contributed by atoms with van der Waals surface area (Å²) >= 11 is 0. The van der Waals surface area contributed by atoms with E-state index in [4.69, 9.17) is 0 Å². The van der Waals surface area contributed by atoms with Gasteiger partial charge in [-0.2, -0.15) is 0 Å². The van der Waals surface area contributed by atoms with E-state index in [1.165, 1.54) is 18.7 Å². The summed E-state index contributed by atoms with van der Waals surface area (Å²) in [5.41, 5.74) is 0.374. The maximum absolute atomic E-state index is 12.6. The van der Waals surface area contributed by atoms with E-state index in [1.54, 1.807) is 23.0 Å². The number of hydrogen-bond acceptors (Lipinski definition) is 6. The highest BCUT2D eigenvalue weighted by molar-refractivity contribution is 5.71. The van der Waals surface area contributed by atoms with Gasteiger partial charge in [0.25, 0.3) is 5.56 Å². The molecule has 0 fully saturated rings. The van der Waals surface area contributed by atoms with Gasteiger partial charge in [-0.1, -0.05) is 6.07 Å². The summed E-state index contributed by atoms with van der Waals surface area (Å²) in [6.45, 7) is -0.450. The van der Waals surface area contributed by atoms with Gasteiger partial charge in [-0.25, -0.2) is 9.78 Å². The Kier molecular flexibility index (Phi) is 4.51. The number of aliphatic hydroxyl groups is 2. The Bertz CT molecular complexity index is 1020. The first-order chi connectivity index (χ1) is 11.9. The largest absolute Gasteiger partial charge is 0.394 e. The summed E-state index contributed by atoms with van der Waals surface area (Å²) in [6, 6.07) is 3.66. The molecule has 3 aromatic heterocycles. The Hall–Kier alpha value is -2.78. The molecule has 3 heterocycles. The predicted molar refractivity (Wildman–Crippen MR) is 90.4 cm³/mol. The fraction of sp³-hybridized carbons (Fsp3) is 0.375. The van der Waals surface area contributed by atoms with E-state index in [1.807, 2.05) is 6.07 Å². The Balaban J connectivity index is 2.26. The molecule has 0 amide bonds. The van der Waals surface area contributed by atoms with Gasteiger partial charge < -0.3 is 14.8 Å². The zero-order valence-electron chi connectivity index (χ0n) is 14.0. The quantitative estimate of drug-likeness (QED) is 0.598. The lowest BCUT2D eigenvalue weighted by atomic mass is 10.2. The molecule has 2 N–H and O–H groups in total. The monoisotopic (exact) mass is 345 g/mol. The Morgan fingerprint density at radius 2 is 2.00 bits per heavy atom. The number of aryl methyl sites for hydroxylation is 1. The first kappa shape index (κ1) is 17.1. The van der Waals surface area contributed by atoms with Crippen molar-refractivity contribution >= 4 is 11.2 Å². The van der Waals surface area contributed by atoms with Crippen LogP contribution in [0.3, 0.4) is 0 Å². The second-order valence-electron chi connectivity index (χ2n) is 5.89. The standard InChI is InChI=1S/C16H19N5O4/c1-19-14-13(15(24)20(2)16(19)25)21(8-11(23)9-22)12(18-14)6-10-4-3-5-17-7-10/h3-5,7,11,22-23H,6,8-9H2,1-2H3. The fourth-order valence-electron chi connectivity index (χ4n) is 2.78. The number of rotatable bonds is 5. The summed E-state index contributed by atoms with van der Waals surface area (Å²) in [4.78, 5) is 33.2. The van der Waals surface area contributed by atoms with Gasteiger partial charge in [0.05, 0.1) is 19.3 Å². The van der Waals surface area contributed by atoms with Crippen molar-refractivity contribution in [2.45, 2.75) is 19.1 Å². The minimum Gasteiger partial charge on any atom is -0.394 e. The normalized spacial score (nSPS) is 12.6. The molecule has 0 aromatic carbocycles. The minimum absolute atomic E-state index is 0.00393. The molecule has 3 rings (SSSR count). The summed E-state index contributed by atoms with van der Waals surface area (Å²) in [6.07, 6.45) is 2.66. The summed E-state index contributed by atoms with van der Waals surface area (Å²) in [7, 11) is 2.93. The van der Waals surface area contributed by atoms with Gasteiger partial charge in [-0.05, 0) is 11.6 Å². The van der Waals surface area contributed by atoms with Crippen LogP contribution in [-0.2, 0) is 27.1 Å². The van der Waals surface area contributed by atoms with Crippen LogP contribution in [0.15, 0.2) is 34.1 Å². The van der Waals surface area contributed by atoms with Gasteiger partial charge in [0.1, 0.15) is 5.82 Å². The molecule has 1 unspecified atom stereocenters. The van der Waals surface area contributed by atoms with Crippen molar-refractivity contribution in [3.8, 4) is 0 Å². The number of aromatic nitrogens is 5. The Morgan fingerprint density at radius 3 is 2.64 bits per heavy atom. The van der Waals surface area contributed by atoms with Crippen molar-refractivity contribution in [3.63, 3.8) is 0 Å². The lowest BCUT2D eigenvalue weighted by molar-refractivity contribution is 0.0814. The molecule has 0 saturated carbocycles. The zero-order chi connectivity index (χ0) is 18.1. The number of pyridine rings is 1. The van der Waals surface area contributed by atoms with Crippen LogP contribution in [0.1, 0.15) is 11.4 Å². The molecule has 3 aromatic rings. The second-order valence-corrected chi connectivity index (χ2v) is 5.89. The highest BCUT2D eigenvalue weighted by atomic mass is 16.3. The van der Waals surface area contributed by atoms with Crippen LogP contribution in [0.5, 0.6) is 0 Å². The molecule has 0 saturated heterocycles. The van der Waals surface area contributed by atoms with Crippen molar-refractivity contribution in [2.24, 2.45) is 14.1 Å². The van der Waals surface area contributed by atoms with Gasteiger partial charge in [-0.3, -0.25) is 18.9 Å². The third-order valence-electron chi connectivity index (χ3n) is 4.12. The summed E-state index contributed by atoms with van der Waals surface area (Å²) in [5, 5.41) is 19.1. The van der Waals surface area contributed by atoms with Crippen molar-refractivity contribution in [3.05, 3.63) is 56.8 Å². The van der Waals surface area contributed by atoms with Crippen LogP contribution in [0, 0.1) is 0 Å². The zero-order valence-corrected chi connectivity index (χ0v) is 14.0. The Morgan fingerprint density at radius 1 is 1.24 bits per heavy atom. The molecule has 9 heteroatoms. The first-order valence-electron chi connectivity index (χ1n) is 7.77. The topological polar surface area (TPSA) is 115 Å². The lowest BCUT2D eigenvalue weighted by Crippen LogP contribution is -2.38. The van der Waals surface area contributed by atoms with Crippen molar-refractivity contribution in [1.82, 2.24) is 23.7 Å². The number of nitrogens with zero attached hydrogens (tertiary/aromatic N) is 5. The van der Waals surface area contributed by atoms with Crippen LogP contribution < -0.4 is 11.2 Å². The van der Waals surface area contributed by atoms with Gasteiger partial charge in [0, 0.05) is 32.9 Å². The van der Waals surface area contributed by atoms with Crippen molar-refractivity contribution in [2.75, 3.05) is 6.61 Å². The van der Waals surface area contributed by atoms with Crippen molar-refractivity contribution < 1.29 is 10.2 Å². The molecular formula is C16H19N5O4. The molecule has 25 heavy (non-hydrogen) atoms. The third-order valence-corrected chi connectivity index (χ3v) is 4.12. The predicted octanol–water partition coefficient (Wildman–Crippen LogP) is -1.23. The number of fused-ring (bicyclic) bond motifs is 1. The molecule has 132 valence electrons. The van der Waals surface area contributed by atoms with Gasteiger partial charge in [0.15, 0.2) is 11.2 Å². The minimum atomic E-state index is -1.05. The van der Waals surface area contributed by atoms with Crippen LogP contribution in [0.25, 0.3) is 11.2 Å². The molecule has 0 aliphatic heterocycles. The van der Waals surface area contributed by atoms with Crippen molar-refractivity contribution in [1.29, 1.82) is 0 Å². The van der Waals surface area contributed by atoms with E-state index in [0.717, 1.165) is 10.1 Å². The molecule has 1 atom stereocenters. The molecule has 0 radical (unpaired) electrons. The van der Waals surface area contributed by atoms with E-state index in [-0.39, 0.29) is 17.7 Å². The SMILES string of the molecule is Cn1c(=O)c2c(nc(Cc3cccnc3)n2CC(O)CO)n(C)c1=O. The second kappa shape index (κ2) is 6.61. The van der Waals surface area contributed by atoms with E-state index in [9.17, 15) is 19.8 Å². The van der Waals surface area contributed by atoms with E-state index in [2.05, 4.69) is 9.97 Å². The highest BCUT2D eigenvalue weighted by Crippen LogP contribution is 2.15. The third kappa shape index (κ3) is 2.99. The number of imidazole rings is 1. The van der Waals surface area contributed by atoms with E-state index >= 15 is 0 Å². The molecule has 0 aliphatic rings. The highest BCUT2D eigenvalue weighted by Gasteiger charge is 2.20. The average Bonchev–Trinajstić information content (AvgIpc) is 2.97. The maximum Gasteiger partial charge on any atom is 0.332 e. The average molecular weight is 345 g/mol. The fourth-order valence-corrected chi connectivity index (χ4v) is 2.78. The molecule has 0 aliphatic carbocycles. The molecule has 0 spiro atoms. The summed E-state index contributed by atoms with van der Waals surface area (Å²) in [5.74, 6) is 0.508. The van der Waals surface area contributed by atoms with E-state index in [0.29, 0.717) is 12.2 Å². The van der Waals surface area contributed by atoms with Crippen LogP contribution in [-0.4, -0.2) is 46.6 Å². The Labute approximate surface area is 142 Å².